The molecule has 1 amide bonds. The largest absolute Gasteiger partial charge is 0.328 e. The van der Waals surface area contributed by atoms with Crippen molar-refractivity contribution in [3.05, 3.63) is 91.6 Å². The van der Waals surface area contributed by atoms with Crippen molar-refractivity contribution in [2.24, 2.45) is 5.92 Å². The van der Waals surface area contributed by atoms with Gasteiger partial charge in [0.2, 0.25) is 0 Å². The number of fused-ring (bicyclic) bond motifs is 1. The number of carbonyl (C=O) groups excluding carboxylic acids is 1. The monoisotopic (exact) mass is 493 g/mol. The third-order valence-electron chi connectivity index (χ3n) is 6.06. The molecule has 0 aliphatic heterocycles. The van der Waals surface area contributed by atoms with Crippen molar-refractivity contribution >= 4 is 39.7 Å². The van der Waals surface area contributed by atoms with Gasteiger partial charge in [-0.05, 0) is 67.5 Å². The number of benzene rings is 2. The molecule has 0 spiro atoms. The Bertz CT molecular complexity index is 1380. The molecule has 0 saturated heterocycles. The topological polar surface area (TPSA) is 55.2 Å². The number of carbonyl (C=O) groups is 1. The van der Waals surface area contributed by atoms with Gasteiger partial charge in [0.1, 0.15) is 5.82 Å². The fraction of sp³-hybridized carbons (Fsp3) is 0.296. The Morgan fingerprint density at radius 2 is 1.85 bits per heavy atom. The zero-order valence-corrected chi connectivity index (χ0v) is 21.4. The third-order valence-corrected chi connectivity index (χ3v) is 7.33. The second kappa shape index (κ2) is 10.1. The summed E-state index contributed by atoms with van der Waals surface area (Å²) in [6.45, 7) is 8.67. The van der Waals surface area contributed by atoms with E-state index in [0.717, 1.165) is 12.0 Å². The van der Waals surface area contributed by atoms with Crippen molar-refractivity contribution in [3.8, 4) is 5.69 Å². The molecular formula is C27H28ClN3O2S. The molecule has 0 N–H and O–H groups in total. The maximum atomic E-state index is 13.8. The van der Waals surface area contributed by atoms with Crippen molar-refractivity contribution in [1.82, 2.24) is 14.5 Å². The first-order valence-electron chi connectivity index (χ1n) is 11.4. The lowest BCUT2D eigenvalue weighted by Crippen LogP contribution is -2.38. The van der Waals surface area contributed by atoms with E-state index in [1.807, 2.05) is 66.6 Å². The Balaban J connectivity index is 1.94. The van der Waals surface area contributed by atoms with Crippen molar-refractivity contribution < 1.29 is 4.79 Å². The number of nitrogens with zero attached hydrogens (tertiary/aromatic N) is 3. The lowest BCUT2D eigenvalue weighted by atomic mass is 10.1. The minimum atomic E-state index is -0.441. The molecule has 2 aromatic heterocycles. The summed E-state index contributed by atoms with van der Waals surface area (Å²) < 4.78 is 1.62. The van der Waals surface area contributed by atoms with Gasteiger partial charge in [-0.15, -0.1) is 11.3 Å². The molecule has 1 atom stereocenters. The van der Waals surface area contributed by atoms with Crippen LogP contribution in [0, 0.1) is 12.8 Å². The van der Waals surface area contributed by atoms with Gasteiger partial charge in [0.15, 0.2) is 0 Å². The minimum Gasteiger partial charge on any atom is -0.328 e. The van der Waals surface area contributed by atoms with E-state index in [4.69, 9.17) is 16.6 Å². The summed E-state index contributed by atoms with van der Waals surface area (Å²) in [6, 6.07) is 16.1. The average Bonchev–Trinajstić information content (AvgIpc) is 3.36. The number of halogens is 1. The molecule has 7 heteroatoms. The van der Waals surface area contributed by atoms with Crippen LogP contribution in [0.15, 0.2) is 64.8 Å². The molecule has 1 unspecified atom stereocenters. The molecule has 0 fully saturated rings. The van der Waals surface area contributed by atoms with Crippen LogP contribution in [0.3, 0.4) is 0 Å². The molecule has 0 saturated carbocycles. The van der Waals surface area contributed by atoms with Gasteiger partial charge >= 0.3 is 0 Å². The Morgan fingerprint density at radius 1 is 1.09 bits per heavy atom. The van der Waals surface area contributed by atoms with Gasteiger partial charge in [-0.1, -0.05) is 49.7 Å². The molecule has 0 bridgehead atoms. The summed E-state index contributed by atoms with van der Waals surface area (Å²) >= 11 is 7.85. The van der Waals surface area contributed by atoms with Crippen LogP contribution in [0.2, 0.25) is 5.02 Å². The first-order chi connectivity index (χ1) is 16.3. The number of hydrogen-bond donors (Lipinski definition) is 0. The van der Waals surface area contributed by atoms with E-state index < -0.39 is 6.04 Å². The summed E-state index contributed by atoms with van der Waals surface area (Å²) in [5.41, 5.74) is 1.89. The van der Waals surface area contributed by atoms with Crippen LogP contribution in [0.4, 0.5) is 0 Å². The number of thiophene rings is 1. The molecule has 2 aromatic carbocycles. The molecule has 0 aliphatic rings. The van der Waals surface area contributed by atoms with E-state index in [-0.39, 0.29) is 11.5 Å². The van der Waals surface area contributed by atoms with E-state index in [1.54, 1.807) is 16.7 Å². The zero-order valence-electron chi connectivity index (χ0n) is 19.8. The SMILES string of the molecule is Cc1c(Cl)cccc1-n1c(C(C)N(CCC(C)C)C(=O)c2cccs2)nc2ccccc2c1=O. The molecule has 2 heterocycles. The van der Waals surface area contributed by atoms with Crippen molar-refractivity contribution in [1.29, 1.82) is 0 Å². The molecule has 176 valence electrons. The summed E-state index contributed by atoms with van der Waals surface area (Å²) in [4.78, 5) is 34.8. The van der Waals surface area contributed by atoms with Crippen molar-refractivity contribution in [3.63, 3.8) is 0 Å². The maximum Gasteiger partial charge on any atom is 0.266 e. The first-order valence-corrected chi connectivity index (χ1v) is 12.7. The molecule has 0 aliphatic carbocycles. The van der Waals surface area contributed by atoms with Crippen LogP contribution in [0.1, 0.15) is 54.3 Å². The van der Waals surface area contributed by atoms with E-state index >= 15 is 0 Å². The molecule has 34 heavy (non-hydrogen) atoms. The highest BCUT2D eigenvalue weighted by atomic mass is 35.5. The molecule has 4 rings (SSSR count). The number of rotatable bonds is 7. The third kappa shape index (κ3) is 4.65. The van der Waals surface area contributed by atoms with Crippen LogP contribution in [0.25, 0.3) is 16.6 Å². The summed E-state index contributed by atoms with van der Waals surface area (Å²) in [7, 11) is 0. The Labute approximate surface area is 208 Å². The molecule has 5 nitrogen and oxygen atoms in total. The van der Waals surface area contributed by atoms with Crippen molar-refractivity contribution in [2.45, 2.75) is 40.2 Å². The molecule has 0 radical (unpaired) electrons. The van der Waals surface area contributed by atoms with E-state index in [0.29, 0.717) is 44.8 Å². The Hall–Kier alpha value is -2.96. The number of amides is 1. The molecular weight excluding hydrogens is 466 g/mol. The fourth-order valence-electron chi connectivity index (χ4n) is 4.05. The van der Waals surface area contributed by atoms with Crippen LogP contribution in [-0.2, 0) is 0 Å². The van der Waals surface area contributed by atoms with Crippen LogP contribution >= 0.6 is 22.9 Å². The van der Waals surface area contributed by atoms with Gasteiger partial charge in [0.05, 0.1) is 27.5 Å². The predicted molar refractivity (Wildman–Crippen MR) is 140 cm³/mol. The number of para-hydroxylation sites is 1. The molecule has 4 aromatic rings. The maximum absolute atomic E-state index is 13.8. The summed E-state index contributed by atoms with van der Waals surface area (Å²) in [5.74, 6) is 0.885. The van der Waals surface area contributed by atoms with Gasteiger partial charge in [-0.25, -0.2) is 4.98 Å². The van der Waals surface area contributed by atoms with E-state index in [2.05, 4.69) is 13.8 Å². The fourth-order valence-corrected chi connectivity index (χ4v) is 4.90. The summed E-state index contributed by atoms with van der Waals surface area (Å²) in [6.07, 6.45) is 0.843. The number of aromatic nitrogens is 2. The smallest absolute Gasteiger partial charge is 0.266 e. The van der Waals surface area contributed by atoms with Gasteiger partial charge < -0.3 is 4.90 Å². The second-order valence-electron chi connectivity index (χ2n) is 8.85. The highest BCUT2D eigenvalue weighted by molar-refractivity contribution is 7.12. The summed E-state index contributed by atoms with van der Waals surface area (Å²) in [5, 5.41) is 3.00. The quantitative estimate of drug-likeness (QED) is 0.289. The standard InChI is InChI=1S/C27H28ClN3O2S/c1-17(2)14-15-30(27(33)24-13-8-16-34-24)19(4)25-29-22-11-6-5-9-20(22)26(32)31(25)23-12-7-10-21(28)18(23)3/h5-13,16-17,19H,14-15H2,1-4H3. The predicted octanol–water partition coefficient (Wildman–Crippen LogP) is 6.66. The van der Waals surface area contributed by atoms with Gasteiger partial charge in [0, 0.05) is 11.6 Å². The van der Waals surface area contributed by atoms with Crippen LogP contribution in [-0.4, -0.2) is 26.9 Å². The van der Waals surface area contributed by atoms with Crippen LogP contribution < -0.4 is 5.56 Å². The minimum absolute atomic E-state index is 0.0556. The van der Waals surface area contributed by atoms with Gasteiger partial charge in [-0.2, -0.15) is 0 Å². The number of hydrogen-bond acceptors (Lipinski definition) is 4. The van der Waals surface area contributed by atoms with E-state index in [1.165, 1.54) is 11.3 Å². The zero-order chi connectivity index (χ0) is 24.4. The normalized spacial score (nSPS) is 12.3. The lowest BCUT2D eigenvalue weighted by molar-refractivity contribution is 0.0676. The van der Waals surface area contributed by atoms with Crippen LogP contribution in [0.5, 0.6) is 0 Å². The second-order valence-corrected chi connectivity index (χ2v) is 10.2. The lowest BCUT2D eigenvalue weighted by Gasteiger charge is -2.31. The highest BCUT2D eigenvalue weighted by Crippen LogP contribution is 2.29. The van der Waals surface area contributed by atoms with Gasteiger partial charge in [0.25, 0.3) is 11.5 Å². The Kier molecular flexibility index (Phi) is 7.19. The van der Waals surface area contributed by atoms with Gasteiger partial charge in [-0.3, -0.25) is 14.2 Å². The highest BCUT2D eigenvalue weighted by Gasteiger charge is 2.28. The first kappa shape index (κ1) is 24.2. The van der Waals surface area contributed by atoms with E-state index in [9.17, 15) is 9.59 Å². The van der Waals surface area contributed by atoms with Crippen molar-refractivity contribution in [2.75, 3.05) is 6.54 Å². The average molecular weight is 494 g/mol. The Morgan fingerprint density at radius 3 is 2.56 bits per heavy atom.